The van der Waals surface area contributed by atoms with Gasteiger partial charge in [0.1, 0.15) is 17.8 Å². The van der Waals surface area contributed by atoms with Crippen LogP contribution in [0.4, 0.5) is 5.82 Å². The van der Waals surface area contributed by atoms with Crippen LogP contribution in [0.15, 0.2) is 60.0 Å². The van der Waals surface area contributed by atoms with Crippen LogP contribution in [-0.4, -0.2) is 47.2 Å². The van der Waals surface area contributed by atoms with Crippen LogP contribution >= 0.6 is 0 Å². The molecule has 0 amide bonds. The Bertz CT molecular complexity index is 1290. The minimum Gasteiger partial charge on any atom is -0.356 e. The molecule has 3 aromatic heterocycles. The zero-order valence-corrected chi connectivity index (χ0v) is 16.8. The van der Waals surface area contributed by atoms with Gasteiger partial charge in [-0.15, -0.1) is 0 Å². The van der Waals surface area contributed by atoms with E-state index < -0.39 is 9.84 Å². The number of rotatable bonds is 5. The van der Waals surface area contributed by atoms with E-state index >= 15 is 0 Å². The molecule has 0 radical (unpaired) electrons. The summed E-state index contributed by atoms with van der Waals surface area (Å²) < 4.78 is 26.1. The van der Waals surface area contributed by atoms with Gasteiger partial charge in [-0.2, -0.15) is 0 Å². The fourth-order valence-corrected chi connectivity index (χ4v) is 6.02. The third-order valence-corrected chi connectivity index (χ3v) is 7.72. The number of benzene rings is 1. The molecule has 3 heterocycles. The van der Waals surface area contributed by atoms with E-state index in [4.69, 9.17) is 0 Å². The van der Waals surface area contributed by atoms with Crippen molar-refractivity contribution in [2.75, 3.05) is 17.7 Å². The van der Waals surface area contributed by atoms with Crippen LogP contribution in [0.5, 0.6) is 0 Å². The fraction of sp³-hybridized carbons (Fsp3) is 0.286. The van der Waals surface area contributed by atoms with Gasteiger partial charge in [-0.05, 0) is 37.0 Å². The lowest BCUT2D eigenvalue weighted by Crippen LogP contribution is -2.45. The Morgan fingerprint density at radius 2 is 1.93 bits per heavy atom. The summed E-state index contributed by atoms with van der Waals surface area (Å²) in [6.45, 7) is 0. The number of pyridine rings is 1. The highest BCUT2D eigenvalue weighted by atomic mass is 32.2. The number of hydrogen-bond donors (Lipinski definition) is 1. The SMILES string of the molecule is CN(c1ncnc2[nH]ccc12)C1CC(CS(=O)(=O)c2cccc3cccnc23)C1. The maximum Gasteiger partial charge on any atom is 0.180 e. The summed E-state index contributed by atoms with van der Waals surface area (Å²) in [5.74, 6) is 1.16. The zero-order chi connectivity index (χ0) is 20.0. The van der Waals surface area contributed by atoms with Gasteiger partial charge in [0, 0.05) is 30.9 Å². The molecule has 1 aliphatic rings. The molecular formula is C21H21N5O2S. The van der Waals surface area contributed by atoms with Crippen molar-refractivity contribution in [3.63, 3.8) is 0 Å². The van der Waals surface area contributed by atoms with Crippen molar-refractivity contribution in [1.82, 2.24) is 19.9 Å². The molecule has 1 aliphatic carbocycles. The Morgan fingerprint density at radius 3 is 2.79 bits per heavy atom. The summed E-state index contributed by atoms with van der Waals surface area (Å²) in [6, 6.07) is 11.3. The van der Waals surface area contributed by atoms with Gasteiger partial charge in [0.15, 0.2) is 9.84 Å². The molecule has 8 heteroatoms. The first-order valence-corrected chi connectivity index (χ1v) is 11.3. The normalized spacial score (nSPS) is 19.3. The van der Waals surface area contributed by atoms with Gasteiger partial charge >= 0.3 is 0 Å². The van der Waals surface area contributed by atoms with Crippen molar-refractivity contribution in [2.24, 2.45) is 5.92 Å². The molecule has 0 spiro atoms. The highest BCUT2D eigenvalue weighted by Crippen LogP contribution is 2.37. The van der Waals surface area contributed by atoms with Gasteiger partial charge in [-0.1, -0.05) is 18.2 Å². The highest BCUT2D eigenvalue weighted by Gasteiger charge is 2.37. The number of sulfone groups is 1. The van der Waals surface area contributed by atoms with Crippen molar-refractivity contribution in [1.29, 1.82) is 0 Å². The van der Waals surface area contributed by atoms with Crippen molar-refractivity contribution >= 4 is 37.6 Å². The molecule has 7 nitrogen and oxygen atoms in total. The number of fused-ring (bicyclic) bond motifs is 2. The zero-order valence-electron chi connectivity index (χ0n) is 16.0. The lowest BCUT2D eigenvalue weighted by molar-refractivity contribution is 0.282. The second-order valence-corrected chi connectivity index (χ2v) is 9.65. The molecule has 1 N–H and O–H groups in total. The number of anilines is 1. The quantitative estimate of drug-likeness (QED) is 0.546. The van der Waals surface area contributed by atoms with Crippen molar-refractivity contribution in [3.05, 3.63) is 55.1 Å². The molecule has 5 rings (SSSR count). The summed E-state index contributed by atoms with van der Waals surface area (Å²) in [6.07, 6.45) is 6.69. The van der Waals surface area contributed by atoms with Crippen LogP contribution in [0.3, 0.4) is 0 Å². The van der Waals surface area contributed by atoms with Crippen LogP contribution in [0, 0.1) is 5.92 Å². The first-order chi connectivity index (χ1) is 14.0. The van der Waals surface area contributed by atoms with Crippen molar-refractivity contribution in [3.8, 4) is 0 Å². The van der Waals surface area contributed by atoms with Gasteiger partial charge in [-0.3, -0.25) is 4.98 Å². The molecule has 0 unspecified atom stereocenters. The van der Waals surface area contributed by atoms with Crippen molar-refractivity contribution in [2.45, 2.75) is 23.8 Å². The Kier molecular flexibility index (Phi) is 4.24. The number of nitrogens with zero attached hydrogens (tertiary/aromatic N) is 4. The van der Waals surface area contributed by atoms with Crippen LogP contribution in [-0.2, 0) is 9.84 Å². The molecule has 0 bridgehead atoms. The highest BCUT2D eigenvalue weighted by molar-refractivity contribution is 7.91. The van der Waals surface area contributed by atoms with Crippen LogP contribution in [0.1, 0.15) is 12.8 Å². The average molecular weight is 407 g/mol. The first-order valence-electron chi connectivity index (χ1n) is 9.60. The predicted octanol–water partition coefficient (Wildman–Crippen LogP) is 3.19. The van der Waals surface area contributed by atoms with Gasteiger partial charge in [-0.25, -0.2) is 18.4 Å². The lowest BCUT2D eigenvalue weighted by atomic mass is 9.81. The van der Waals surface area contributed by atoms with Crippen LogP contribution < -0.4 is 4.90 Å². The summed E-state index contributed by atoms with van der Waals surface area (Å²) in [5, 5.41) is 1.83. The number of para-hydroxylation sites is 1. The number of aromatic amines is 1. The van der Waals surface area contributed by atoms with E-state index in [9.17, 15) is 8.42 Å². The van der Waals surface area contributed by atoms with Gasteiger partial charge in [0.05, 0.1) is 21.6 Å². The van der Waals surface area contributed by atoms with E-state index in [2.05, 4.69) is 24.8 Å². The van der Waals surface area contributed by atoms with Gasteiger partial charge in [0.25, 0.3) is 0 Å². The number of nitrogens with one attached hydrogen (secondary N) is 1. The largest absolute Gasteiger partial charge is 0.356 e. The monoisotopic (exact) mass is 407 g/mol. The summed E-state index contributed by atoms with van der Waals surface area (Å²) in [7, 11) is -1.39. The van der Waals surface area contributed by atoms with Gasteiger partial charge < -0.3 is 9.88 Å². The molecule has 1 saturated carbocycles. The molecule has 0 saturated heterocycles. The molecule has 1 fully saturated rings. The van der Waals surface area contributed by atoms with E-state index in [1.807, 2.05) is 37.5 Å². The summed E-state index contributed by atoms with van der Waals surface area (Å²) in [5.41, 5.74) is 1.36. The second kappa shape index (κ2) is 6.81. The number of aromatic nitrogens is 4. The molecule has 0 atom stereocenters. The van der Waals surface area contributed by atoms with E-state index in [0.29, 0.717) is 10.4 Å². The maximum absolute atomic E-state index is 13.1. The maximum atomic E-state index is 13.1. The molecule has 1 aromatic carbocycles. The smallest absolute Gasteiger partial charge is 0.180 e. The third-order valence-electron chi connectivity index (χ3n) is 5.81. The second-order valence-electron chi connectivity index (χ2n) is 7.65. The fourth-order valence-electron chi connectivity index (χ4n) is 4.19. The van der Waals surface area contributed by atoms with E-state index in [0.717, 1.165) is 35.1 Å². The Balaban J connectivity index is 1.32. The van der Waals surface area contributed by atoms with Crippen LogP contribution in [0.25, 0.3) is 21.9 Å². The summed E-state index contributed by atoms with van der Waals surface area (Å²) >= 11 is 0. The third kappa shape index (κ3) is 3.13. The minimum absolute atomic E-state index is 0.134. The molecule has 29 heavy (non-hydrogen) atoms. The molecular weight excluding hydrogens is 386 g/mol. The summed E-state index contributed by atoms with van der Waals surface area (Å²) in [4.78, 5) is 18.5. The molecule has 4 aromatic rings. The minimum atomic E-state index is -3.40. The Morgan fingerprint density at radius 1 is 1.10 bits per heavy atom. The molecule has 0 aliphatic heterocycles. The predicted molar refractivity (Wildman–Crippen MR) is 113 cm³/mol. The number of H-pyrrole nitrogens is 1. The Hall–Kier alpha value is -3.00. The van der Waals surface area contributed by atoms with E-state index in [1.165, 1.54) is 0 Å². The van der Waals surface area contributed by atoms with E-state index in [1.54, 1.807) is 24.7 Å². The topological polar surface area (TPSA) is 91.8 Å². The van der Waals surface area contributed by atoms with Gasteiger partial charge in [0.2, 0.25) is 0 Å². The number of hydrogen-bond acceptors (Lipinski definition) is 6. The first kappa shape index (κ1) is 18.1. The molecule has 148 valence electrons. The lowest BCUT2D eigenvalue weighted by Gasteiger charge is -2.41. The van der Waals surface area contributed by atoms with E-state index in [-0.39, 0.29) is 17.7 Å². The standard InChI is InChI=1S/C21H21N5O2S/c1-26(21-17-7-9-23-20(17)24-13-25-21)16-10-14(11-16)12-29(27,28)18-6-2-4-15-5-3-8-22-19(15)18/h2-9,13-14,16H,10-12H2,1H3,(H,23,24,25). The van der Waals surface area contributed by atoms with Crippen LogP contribution in [0.2, 0.25) is 0 Å². The van der Waals surface area contributed by atoms with Crippen molar-refractivity contribution < 1.29 is 8.42 Å². The average Bonchev–Trinajstić information content (AvgIpc) is 3.18. The Labute approximate surface area is 168 Å².